The van der Waals surface area contributed by atoms with E-state index in [-0.39, 0.29) is 0 Å². The average Bonchev–Trinajstić information content (AvgIpc) is 2.70. The van der Waals surface area contributed by atoms with Crippen molar-refractivity contribution >= 4 is 15.9 Å². The SMILES string of the molecule is CNC(Cc1cnn(C)c1)c1cc(C)cc(Br)c1. The number of hydrogen-bond donors (Lipinski definition) is 1. The highest BCUT2D eigenvalue weighted by Crippen LogP contribution is 2.23. The Hall–Kier alpha value is -1.13. The first-order valence-electron chi connectivity index (χ1n) is 6.00. The molecule has 0 amide bonds. The van der Waals surface area contributed by atoms with Crippen molar-refractivity contribution in [1.29, 1.82) is 0 Å². The van der Waals surface area contributed by atoms with Gasteiger partial charge in [0.15, 0.2) is 0 Å². The summed E-state index contributed by atoms with van der Waals surface area (Å²) < 4.78 is 2.97. The molecule has 0 fully saturated rings. The number of likely N-dealkylation sites (N-methyl/N-ethyl adjacent to an activating group) is 1. The third kappa shape index (κ3) is 3.21. The minimum absolute atomic E-state index is 0.311. The van der Waals surface area contributed by atoms with Gasteiger partial charge in [0.25, 0.3) is 0 Å². The van der Waals surface area contributed by atoms with E-state index in [1.165, 1.54) is 16.7 Å². The van der Waals surface area contributed by atoms with Crippen molar-refractivity contribution in [2.24, 2.45) is 7.05 Å². The van der Waals surface area contributed by atoms with Crippen molar-refractivity contribution in [3.8, 4) is 0 Å². The van der Waals surface area contributed by atoms with Crippen LogP contribution >= 0.6 is 15.9 Å². The molecule has 1 aromatic carbocycles. The molecule has 18 heavy (non-hydrogen) atoms. The molecule has 1 unspecified atom stereocenters. The van der Waals surface area contributed by atoms with E-state index in [4.69, 9.17) is 0 Å². The van der Waals surface area contributed by atoms with E-state index in [0.29, 0.717) is 6.04 Å². The molecule has 1 aromatic heterocycles. The van der Waals surface area contributed by atoms with Crippen LogP contribution in [0, 0.1) is 6.92 Å². The van der Waals surface area contributed by atoms with Gasteiger partial charge in [-0.05, 0) is 49.2 Å². The highest BCUT2D eigenvalue weighted by molar-refractivity contribution is 9.10. The van der Waals surface area contributed by atoms with Gasteiger partial charge in [0.1, 0.15) is 0 Å². The quantitative estimate of drug-likeness (QED) is 0.941. The second kappa shape index (κ2) is 5.67. The van der Waals surface area contributed by atoms with Gasteiger partial charge in [0.2, 0.25) is 0 Å². The Kier molecular flexibility index (Phi) is 4.19. The number of rotatable bonds is 4. The van der Waals surface area contributed by atoms with Crippen molar-refractivity contribution < 1.29 is 0 Å². The molecule has 0 bridgehead atoms. The summed E-state index contributed by atoms with van der Waals surface area (Å²) in [5.74, 6) is 0. The first-order valence-corrected chi connectivity index (χ1v) is 6.79. The molecule has 1 atom stereocenters. The molecule has 0 aliphatic carbocycles. The summed E-state index contributed by atoms with van der Waals surface area (Å²) in [6.45, 7) is 2.12. The van der Waals surface area contributed by atoms with Crippen LogP contribution in [-0.2, 0) is 13.5 Å². The van der Waals surface area contributed by atoms with Crippen molar-refractivity contribution in [3.05, 3.63) is 51.8 Å². The molecule has 2 aromatic rings. The molecule has 0 radical (unpaired) electrons. The first-order chi connectivity index (χ1) is 8.58. The van der Waals surface area contributed by atoms with Gasteiger partial charge in [0.05, 0.1) is 6.20 Å². The first kappa shape index (κ1) is 13.3. The van der Waals surface area contributed by atoms with Gasteiger partial charge in [-0.1, -0.05) is 22.0 Å². The van der Waals surface area contributed by atoms with Gasteiger partial charge >= 0.3 is 0 Å². The Balaban J connectivity index is 2.22. The highest BCUT2D eigenvalue weighted by atomic mass is 79.9. The van der Waals surface area contributed by atoms with E-state index < -0.39 is 0 Å². The molecule has 3 nitrogen and oxygen atoms in total. The van der Waals surface area contributed by atoms with Gasteiger partial charge in [0, 0.05) is 23.8 Å². The maximum atomic E-state index is 4.21. The summed E-state index contributed by atoms with van der Waals surface area (Å²) in [4.78, 5) is 0. The molecular formula is C14H18BrN3. The molecular weight excluding hydrogens is 290 g/mol. The minimum Gasteiger partial charge on any atom is -0.313 e. The summed E-state index contributed by atoms with van der Waals surface area (Å²) in [5.41, 5.74) is 3.81. The lowest BCUT2D eigenvalue weighted by atomic mass is 9.99. The molecule has 96 valence electrons. The Bertz CT molecular complexity index is 513. The fourth-order valence-corrected chi connectivity index (χ4v) is 2.79. The fraction of sp³-hybridized carbons (Fsp3) is 0.357. The Labute approximate surface area is 116 Å². The minimum atomic E-state index is 0.311. The zero-order chi connectivity index (χ0) is 13.1. The molecule has 1 N–H and O–H groups in total. The van der Waals surface area contributed by atoms with Crippen LogP contribution in [0.5, 0.6) is 0 Å². The van der Waals surface area contributed by atoms with Crippen LogP contribution < -0.4 is 5.32 Å². The van der Waals surface area contributed by atoms with Crippen LogP contribution in [0.4, 0.5) is 0 Å². The summed E-state index contributed by atoms with van der Waals surface area (Å²) in [5, 5.41) is 7.59. The zero-order valence-electron chi connectivity index (χ0n) is 10.9. The molecule has 0 saturated carbocycles. The lowest BCUT2D eigenvalue weighted by molar-refractivity contribution is 0.591. The number of aromatic nitrogens is 2. The summed E-state index contributed by atoms with van der Waals surface area (Å²) in [7, 11) is 3.94. The number of nitrogens with one attached hydrogen (secondary N) is 1. The van der Waals surface area contributed by atoms with Gasteiger partial charge in [-0.2, -0.15) is 5.10 Å². The molecule has 0 spiro atoms. The van der Waals surface area contributed by atoms with Crippen molar-refractivity contribution in [3.63, 3.8) is 0 Å². The average molecular weight is 308 g/mol. The van der Waals surface area contributed by atoms with Crippen LogP contribution in [0.2, 0.25) is 0 Å². The van der Waals surface area contributed by atoms with Crippen molar-refractivity contribution in [2.45, 2.75) is 19.4 Å². The molecule has 2 rings (SSSR count). The van der Waals surface area contributed by atoms with E-state index >= 15 is 0 Å². The monoisotopic (exact) mass is 307 g/mol. The summed E-state index contributed by atoms with van der Waals surface area (Å²) in [6.07, 6.45) is 4.94. The molecule has 0 aliphatic heterocycles. The third-order valence-electron chi connectivity index (χ3n) is 3.01. The van der Waals surface area contributed by atoms with Gasteiger partial charge in [-0.3, -0.25) is 4.68 Å². The summed E-state index contributed by atoms with van der Waals surface area (Å²) >= 11 is 3.56. The van der Waals surface area contributed by atoms with Crippen molar-refractivity contribution in [1.82, 2.24) is 15.1 Å². The number of benzene rings is 1. The number of halogens is 1. The van der Waals surface area contributed by atoms with Crippen LogP contribution in [0.25, 0.3) is 0 Å². The van der Waals surface area contributed by atoms with Crippen LogP contribution in [0.1, 0.15) is 22.7 Å². The van der Waals surface area contributed by atoms with E-state index in [1.54, 1.807) is 0 Å². The maximum Gasteiger partial charge on any atom is 0.0522 e. The molecule has 0 saturated heterocycles. The van der Waals surface area contributed by atoms with Crippen molar-refractivity contribution in [2.75, 3.05) is 7.05 Å². The summed E-state index contributed by atoms with van der Waals surface area (Å²) in [6, 6.07) is 6.83. The second-order valence-corrected chi connectivity index (χ2v) is 5.55. The Morgan fingerprint density at radius 1 is 1.39 bits per heavy atom. The topological polar surface area (TPSA) is 29.9 Å². The van der Waals surface area contributed by atoms with Gasteiger partial charge in [-0.25, -0.2) is 0 Å². The van der Waals surface area contributed by atoms with Crippen LogP contribution in [-0.4, -0.2) is 16.8 Å². The predicted molar refractivity (Wildman–Crippen MR) is 77.6 cm³/mol. The van der Waals surface area contributed by atoms with Crippen LogP contribution in [0.15, 0.2) is 35.1 Å². The number of aryl methyl sites for hydroxylation is 2. The Morgan fingerprint density at radius 3 is 2.72 bits per heavy atom. The standard InChI is InChI=1S/C14H18BrN3/c1-10-4-12(7-13(15)5-10)14(16-2)6-11-8-17-18(3)9-11/h4-5,7-9,14,16H,6H2,1-3H3. The van der Waals surface area contributed by atoms with E-state index in [0.717, 1.165) is 10.9 Å². The lowest BCUT2D eigenvalue weighted by Crippen LogP contribution is -2.18. The van der Waals surface area contributed by atoms with Gasteiger partial charge in [-0.15, -0.1) is 0 Å². The Morgan fingerprint density at radius 2 is 2.17 bits per heavy atom. The van der Waals surface area contributed by atoms with Crippen LogP contribution in [0.3, 0.4) is 0 Å². The maximum absolute atomic E-state index is 4.21. The third-order valence-corrected chi connectivity index (χ3v) is 3.47. The normalized spacial score (nSPS) is 12.7. The van der Waals surface area contributed by atoms with E-state index in [1.807, 2.05) is 25.0 Å². The fourth-order valence-electron chi connectivity index (χ4n) is 2.17. The smallest absolute Gasteiger partial charge is 0.0522 e. The van der Waals surface area contributed by atoms with E-state index in [9.17, 15) is 0 Å². The molecule has 4 heteroatoms. The molecule has 0 aliphatic rings. The number of nitrogens with zero attached hydrogens (tertiary/aromatic N) is 2. The second-order valence-electron chi connectivity index (χ2n) is 4.63. The highest BCUT2D eigenvalue weighted by Gasteiger charge is 2.12. The number of hydrogen-bond acceptors (Lipinski definition) is 2. The molecule has 1 heterocycles. The lowest BCUT2D eigenvalue weighted by Gasteiger charge is -2.17. The zero-order valence-corrected chi connectivity index (χ0v) is 12.5. The van der Waals surface area contributed by atoms with Gasteiger partial charge < -0.3 is 5.32 Å². The largest absolute Gasteiger partial charge is 0.313 e. The van der Waals surface area contributed by atoms with E-state index in [2.05, 4.69) is 57.7 Å². The predicted octanol–water partition coefficient (Wildman–Crippen LogP) is 2.99.